The molecule has 0 amide bonds. The first-order valence-electron chi connectivity index (χ1n) is 5.83. The summed E-state index contributed by atoms with van der Waals surface area (Å²) in [5.41, 5.74) is -1.09. The average Bonchev–Trinajstić information content (AvgIpc) is 2.64. The summed E-state index contributed by atoms with van der Waals surface area (Å²) in [7, 11) is 0. The third kappa shape index (κ3) is 3.94. The number of halogens is 4. The predicted molar refractivity (Wildman–Crippen MR) is 65.4 cm³/mol. The fraction of sp³-hybridized carbons (Fsp3) is 0.636. The number of nitrogens with zero attached hydrogens (tertiary/aromatic N) is 2. The Labute approximate surface area is 118 Å². The molecule has 0 aliphatic carbocycles. The summed E-state index contributed by atoms with van der Waals surface area (Å²) in [6.07, 6.45) is -4.84. The molecule has 0 bridgehead atoms. The zero-order valence-corrected chi connectivity index (χ0v) is 11.5. The largest absolute Gasteiger partial charge is 0.433 e. The maximum atomic E-state index is 12.6. The Bertz CT molecular complexity index is 496. The fourth-order valence-electron chi connectivity index (χ4n) is 1.74. The molecule has 112 valence electrons. The molecule has 9 heteroatoms. The zero-order chi connectivity index (χ0) is 15.0. The van der Waals surface area contributed by atoms with E-state index in [4.69, 9.17) is 21.1 Å². The van der Waals surface area contributed by atoms with Crippen LogP contribution in [-0.2, 0) is 15.7 Å². The highest BCUT2D eigenvalue weighted by Crippen LogP contribution is 2.29. The first-order valence-corrected chi connectivity index (χ1v) is 6.21. The van der Waals surface area contributed by atoms with Gasteiger partial charge < -0.3 is 14.8 Å². The van der Waals surface area contributed by atoms with Gasteiger partial charge in [-0.1, -0.05) is 0 Å². The topological polar surface area (TPSA) is 56.3 Å². The number of hydrogen-bond donors (Lipinski definition) is 1. The number of aromatic nitrogens is 2. The van der Waals surface area contributed by atoms with E-state index in [1.165, 1.54) is 0 Å². The number of alkyl halides is 3. The lowest BCUT2D eigenvalue weighted by atomic mass is 10.3. The van der Waals surface area contributed by atoms with Gasteiger partial charge >= 0.3 is 6.18 Å². The molecule has 2 rings (SSSR count). The second-order valence-electron chi connectivity index (χ2n) is 4.74. The Morgan fingerprint density at radius 1 is 1.45 bits per heavy atom. The highest BCUT2D eigenvalue weighted by atomic mass is 35.5. The Morgan fingerprint density at radius 2 is 2.15 bits per heavy atom. The van der Waals surface area contributed by atoms with Crippen LogP contribution in [0.3, 0.4) is 0 Å². The van der Waals surface area contributed by atoms with Crippen LogP contribution >= 0.6 is 11.6 Å². The summed E-state index contributed by atoms with van der Waals surface area (Å²) in [5.74, 6) is -0.696. The summed E-state index contributed by atoms with van der Waals surface area (Å²) in [5, 5.41) is 2.27. The van der Waals surface area contributed by atoms with E-state index in [0.29, 0.717) is 6.61 Å². The highest BCUT2D eigenvalue weighted by Gasteiger charge is 2.34. The number of hydrogen-bond acceptors (Lipinski definition) is 5. The second kappa shape index (κ2) is 5.34. The van der Waals surface area contributed by atoms with Gasteiger partial charge in [-0.2, -0.15) is 13.2 Å². The molecule has 1 N–H and O–H groups in total. The van der Waals surface area contributed by atoms with E-state index in [2.05, 4.69) is 15.3 Å². The van der Waals surface area contributed by atoms with Gasteiger partial charge in [0, 0.05) is 12.6 Å². The molecule has 1 unspecified atom stereocenters. The standard InChI is InChI=1S/C11H13ClF3N3O2/c1-10(2)19-5-6(20-10)4-16-8-3-7(11(13,14)15)17-9(12)18-8/h3,6H,4-5H2,1-2H3,(H,16,17,18). The first-order chi connectivity index (χ1) is 9.16. The predicted octanol–water partition coefficient (Wildman–Crippen LogP) is 2.71. The van der Waals surface area contributed by atoms with Crippen LogP contribution in [-0.4, -0.2) is 35.0 Å². The maximum Gasteiger partial charge on any atom is 0.433 e. The van der Waals surface area contributed by atoms with Gasteiger partial charge in [0.25, 0.3) is 0 Å². The van der Waals surface area contributed by atoms with Gasteiger partial charge in [-0.25, -0.2) is 9.97 Å². The number of nitrogens with one attached hydrogen (secondary N) is 1. The van der Waals surface area contributed by atoms with E-state index in [1.807, 2.05) is 0 Å². The van der Waals surface area contributed by atoms with Crippen LogP contribution in [0.5, 0.6) is 0 Å². The van der Waals surface area contributed by atoms with Gasteiger partial charge in [-0.15, -0.1) is 0 Å². The Hall–Kier alpha value is -1.12. The maximum absolute atomic E-state index is 12.6. The molecule has 1 aromatic rings. The van der Waals surface area contributed by atoms with Crippen molar-refractivity contribution in [3.8, 4) is 0 Å². The molecular formula is C11H13ClF3N3O2. The number of rotatable bonds is 3. The van der Waals surface area contributed by atoms with Crippen molar-refractivity contribution < 1.29 is 22.6 Å². The molecule has 0 spiro atoms. The molecule has 1 aliphatic heterocycles. The summed E-state index contributed by atoms with van der Waals surface area (Å²) in [4.78, 5) is 6.83. The zero-order valence-electron chi connectivity index (χ0n) is 10.8. The molecule has 0 radical (unpaired) electrons. The van der Waals surface area contributed by atoms with Crippen LogP contribution in [0.4, 0.5) is 19.0 Å². The van der Waals surface area contributed by atoms with Gasteiger partial charge in [-0.05, 0) is 25.4 Å². The van der Waals surface area contributed by atoms with E-state index in [1.54, 1.807) is 13.8 Å². The lowest BCUT2D eigenvalue weighted by Gasteiger charge is -2.17. The lowest BCUT2D eigenvalue weighted by Crippen LogP contribution is -2.26. The van der Waals surface area contributed by atoms with Crippen molar-refractivity contribution in [3.63, 3.8) is 0 Å². The third-order valence-electron chi connectivity index (χ3n) is 2.57. The molecule has 1 saturated heterocycles. The van der Waals surface area contributed by atoms with Crippen LogP contribution in [0.1, 0.15) is 19.5 Å². The third-order valence-corrected chi connectivity index (χ3v) is 2.74. The van der Waals surface area contributed by atoms with Crippen LogP contribution in [0, 0.1) is 0 Å². The first kappa shape index (κ1) is 15.3. The van der Waals surface area contributed by atoms with Crippen LogP contribution < -0.4 is 5.32 Å². The minimum Gasteiger partial charge on any atom is -0.367 e. The molecule has 5 nitrogen and oxygen atoms in total. The minimum absolute atomic E-state index is 0.00867. The van der Waals surface area contributed by atoms with Crippen molar-refractivity contribution in [2.45, 2.75) is 31.9 Å². The van der Waals surface area contributed by atoms with Gasteiger partial charge in [0.15, 0.2) is 11.5 Å². The summed E-state index contributed by atoms with van der Waals surface area (Å²) >= 11 is 5.48. The van der Waals surface area contributed by atoms with E-state index in [-0.39, 0.29) is 18.5 Å². The quantitative estimate of drug-likeness (QED) is 0.870. The lowest BCUT2D eigenvalue weighted by molar-refractivity contribution is -0.141. The van der Waals surface area contributed by atoms with Crippen molar-refractivity contribution in [2.75, 3.05) is 18.5 Å². The van der Waals surface area contributed by atoms with Crippen LogP contribution in [0.15, 0.2) is 6.07 Å². The Morgan fingerprint density at radius 3 is 2.70 bits per heavy atom. The van der Waals surface area contributed by atoms with Crippen molar-refractivity contribution >= 4 is 17.4 Å². The monoisotopic (exact) mass is 311 g/mol. The average molecular weight is 312 g/mol. The summed E-state index contributed by atoms with van der Waals surface area (Å²) in [6, 6.07) is 0.798. The van der Waals surface area contributed by atoms with Crippen LogP contribution in [0.25, 0.3) is 0 Å². The number of ether oxygens (including phenoxy) is 2. The second-order valence-corrected chi connectivity index (χ2v) is 5.07. The SMILES string of the molecule is CC1(C)OCC(CNc2cc(C(F)(F)F)nc(Cl)n2)O1. The Balaban J connectivity index is 2.02. The van der Waals surface area contributed by atoms with E-state index < -0.39 is 22.9 Å². The van der Waals surface area contributed by atoms with E-state index in [0.717, 1.165) is 6.07 Å². The van der Waals surface area contributed by atoms with E-state index in [9.17, 15) is 13.2 Å². The minimum atomic E-state index is -4.57. The van der Waals surface area contributed by atoms with Gasteiger partial charge in [0.2, 0.25) is 5.28 Å². The molecule has 0 aromatic carbocycles. The van der Waals surface area contributed by atoms with E-state index >= 15 is 0 Å². The fourth-order valence-corrected chi connectivity index (χ4v) is 1.92. The molecule has 1 fully saturated rings. The summed E-state index contributed by atoms with van der Waals surface area (Å²) < 4.78 is 48.6. The van der Waals surface area contributed by atoms with Crippen molar-refractivity contribution in [3.05, 3.63) is 17.0 Å². The molecule has 1 aliphatic rings. The number of anilines is 1. The molecule has 0 saturated carbocycles. The molecule has 1 atom stereocenters. The molecule has 2 heterocycles. The van der Waals surface area contributed by atoms with Gasteiger partial charge in [-0.3, -0.25) is 0 Å². The Kier molecular flexibility index (Phi) is 4.08. The molecular weight excluding hydrogens is 299 g/mol. The summed E-state index contributed by atoms with van der Waals surface area (Å²) in [6.45, 7) is 4.13. The van der Waals surface area contributed by atoms with Crippen molar-refractivity contribution in [2.24, 2.45) is 0 Å². The van der Waals surface area contributed by atoms with Crippen LogP contribution in [0.2, 0.25) is 5.28 Å². The highest BCUT2D eigenvalue weighted by molar-refractivity contribution is 6.28. The molecule has 20 heavy (non-hydrogen) atoms. The van der Waals surface area contributed by atoms with Crippen molar-refractivity contribution in [1.82, 2.24) is 9.97 Å². The van der Waals surface area contributed by atoms with Gasteiger partial charge in [0.1, 0.15) is 11.9 Å². The smallest absolute Gasteiger partial charge is 0.367 e. The van der Waals surface area contributed by atoms with Crippen molar-refractivity contribution in [1.29, 1.82) is 0 Å². The molecule has 1 aromatic heterocycles. The van der Waals surface area contributed by atoms with Gasteiger partial charge in [0.05, 0.1) is 6.61 Å². The normalized spacial score (nSPS) is 22.0.